The Balaban J connectivity index is 2.17. The lowest BCUT2D eigenvalue weighted by atomic mass is 10.1. The Hall–Kier alpha value is -1.06. The first-order valence-electron chi connectivity index (χ1n) is 5.80. The first-order chi connectivity index (χ1) is 8.19. The highest BCUT2D eigenvalue weighted by molar-refractivity contribution is 9.10. The second kappa shape index (κ2) is 5.52. The average molecular weight is 294 g/mol. The number of aliphatic hydroxyl groups excluding tert-OH is 1. The predicted molar refractivity (Wildman–Crippen MR) is 76.4 cm³/mol. The van der Waals surface area contributed by atoms with Gasteiger partial charge in [0.1, 0.15) is 0 Å². The molecule has 0 spiro atoms. The van der Waals surface area contributed by atoms with Crippen molar-refractivity contribution in [2.24, 2.45) is 0 Å². The number of anilines is 1. The van der Waals surface area contributed by atoms with Gasteiger partial charge in [-0.15, -0.1) is 0 Å². The monoisotopic (exact) mass is 293 g/mol. The maximum atomic E-state index is 9.50. The minimum atomic E-state index is -0.282. The van der Waals surface area contributed by atoms with E-state index in [1.165, 1.54) is 10.8 Å². The van der Waals surface area contributed by atoms with Crippen LogP contribution < -0.4 is 5.32 Å². The van der Waals surface area contributed by atoms with Gasteiger partial charge >= 0.3 is 0 Å². The lowest BCUT2D eigenvalue weighted by Gasteiger charge is -2.11. The minimum absolute atomic E-state index is 0.282. The first-order valence-corrected chi connectivity index (χ1v) is 6.59. The van der Waals surface area contributed by atoms with E-state index in [2.05, 4.69) is 45.5 Å². The molecule has 0 fully saturated rings. The topological polar surface area (TPSA) is 32.3 Å². The van der Waals surface area contributed by atoms with E-state index in [1.54, 1.807) is 0 Å². The van der Waals surface area contributed by atoms with Gasteiger partial charge in [0.15, 0.2) is 0 Å². The van der Waals surface area contributed by atoms with Crippen LogP contribution in [-0.2, 0) is 0 Å². The van der Waals surface area contributed by atoms with Crippen molar-refractivity contribution in [3.8, 4) is 0 Å². The van der Waals surface area contributed by atoms with Crippen molar-refractivity contribution in [1.29, 1.82) is 0 Å². The summed E-state index contributed by atoms with van der Waals surface area (Å²) in [6.07, 6.45) is 0.490. The van der Waals surface area contributed by atoms with Gasteiger partial charge in [0.25, 0.3) is 0 Å². The van der Waals surface area contributed by atoms with Crippen LogP contribution in [0.2, 0.25) is 0 Å². The van der Waals surface area contributed by atoms with Crippen molar-refractivity contribution in [1.82, 2.24) is 0 Å². The van der Waals surface area contributed by atoms with Gasteiger partial charge in [-0.3, -0.25) is 0 Å². The van der Waals surface area contributed by atoms with E-state index < -0.39 is 0 Å². The van der Waals surface area contributed by atoms with Gasteiger partial charge in [-0.05, 0) is 41.5 Å². The molecular formula is C14H16BrNO. The number of hydrogen-bond acceptors (Lipinski definition) is 2. The summed E-state index contributed by atoms with van der Waals surface area (Å²) in [4.78, 5) is 0. The van der Waals surface area contributed by atoms with Crippen molar-refractivity contribution in [3.05, 3.63) is 40.9 Å². The van der Waals surface area contributed by atoms with Crippen molar-refractivity contribution in [2.45, 2.75) is 19.4 Å². The Morgan fingerprint density at radius 3 is 2.65 bits per heavy atom. The molecule has 2 rings (SSSR count). The molecule has 0 saturated carbocycles. The summed E-state index contributed by atoms with van der Waals surface area (Å²) in [6, 6.07) is 12.4. The van der Waals surface area contributed by atoms with Crippen LogP contribution in [0.5, 0.6) is 0 Å². The smallest absolute Gasteiger partial charge is 0.0709 e. The molecule has 0 aliphatic carbocycles. The minimum Gasteiger partial charge on any atom is -0.391 e. The van der Waals surface area contributed by atoms with Crippen LogP contribution in [0.15, 0.2) is 40.9 Å². The molecule has 0 aromatic heterocycles. The van der Waals surface area contributed by atoms with E-state index >= 15 is 0 Å². The molecule has 1 unspecified atom stereocenters. The third kappa shape index (κ3) is 3.20. The standard InChI is InChI=1S/C14H16BrNO/c1-2-14(17)9-16-13-6-4-10-7-12(15)5-3-11(10)8-13/h3-8,14,16-17H,2,9H2,1H3. The fraction of sp³-hybridized carbons (Fsp3) is 0.286. The van der Waals surface area contributed by atoms with Crippen LogP contribution in [0, 0.1) is 0 Å². The number of benzene rings is 2. The Kier molecular flexibility index (Phi) is 4.02. The molecule has 90 valence electrons. The summed E-state index contributed by atoms with van der Waals surface area (Å²) in [7, 11) is 0. The average Bonchev–Trinajstić information content (AvgIpc) is 2.35. The number of aliphatic hydroxyl groups is 1. The molecule has 2 N–H and O–H groups in total. The number of nitrogens with one attached hydrogen (secondary N) is 1. The van der Waals surface area contributed by atoms with Crippen LogP contribution in [0.3, 0.4) is 0 Å². The number of rotatable bonds is 4. The highest BCUT2D eigenvalue weighted by atomic mass is 79.9. The zero-order chi connectivity index (χ0) is 12.3. The van der Waals surface area contributed by atoms with Gasteiger partial charge in [-0.2, -0.15) is 0 Å². The summed E-state index contributed by atoms with van der Waals surface area (Å²) < 4.78 is 1.09. The molecule has 0 saturated heterocycles. The van der Waals surface area contributed by atoms with Crippen molar-refractivity contribution in [3.63, 3.8) is 0 Å². The zero-order valence-corrected chi connectivity index (χ0v) is 11.4. The molecule has 0 aliphatic heterocycles. The maximum Gasteiger partial charge on any atom is 0.0709 e. The number of hydrogen-bond donors (Lipinski definition) is 2. The fourth-order valence-electron chi connectivity index (χ4n) is 1.71. The lowest BCUT2D eigenvalue weighted by Crippen LogP contribution is -2.18. The molecule has 0 aliphatic rings. The normalized spacial score (nSPS) is 12.6. The fourth-order valence-corrected chi connectivity index (χ4v) is 2.09. The zero-order valence-electron chi connectivity index (χ0n) is 9.78. The van der Waals surface area contributed by atoms with Gasteiger partial charge in [0, 0.05) is 16.7 Å². The summed E-state index contributed by atoms with van der Waals surface area (Å²) in [5.41, 5.74) is 1.05. The Labute approximate surface area is 110 Å². The Morgan fingerprint density at radius 2 is 1.88 bits per heavy atom. The van der Waals surface area contributed by atoms with Crippen LogP contribution >= 0.6 is 15.9 Å². The molecule has 0 amide bonds. The molecule has 2 aromatic carbocycles. The third-order valence-electron chi connectivity index (χ3n) is 2.82. The lowest BCUT2D eigenvalue weighted by molar-refractivity contribution is 0.183. The molecule has 0 bridgehead atoms. The van der Waals surface area contributed by atoms with Gasteiger partial charge in [0.2, 0.25) is 0 Å². The molecule has 0 radical (unpaired) electrons. The Bertz CT molecular complexity index is 513. The summed E-state index contributed by atoms with van der Waals surface area (Å²) in [6.45, 7) is 2.57. The molecule has 0 heterocycles. The molecule has 17 heavy (non-hydrogen) atoms. The van der Waals surface area contributed by atoms with Gasteiger partial charge < -0.3 is 10.4 Å². The van der Waals surface area contributed by atoms with E-state index in [0.717, 1.165) is 16.6 Å². The second-order valence-corrected chi connectivity index (χ2v) is 5.06. The van der Waals surface area contributed by atoms with Crippen LogP contribution in [0.25, 0.3) is 10.8 Å². The van der Waals surface area contributed by atoms with Gasteiger partial charge in [-0.1, -0.05) is 35.0 Å². The van der Waals surface area contributed by atoms with E-state index in [4.69, 9.17) is 0 Å². The van der Waals surface area contributed by atoms with E-state index in [0.29, 0.717) is 6.54 Å². The Morgan fingerprint density at radius 1 is 1.18 bits per heavy atom. The number of fused-ring (bicyclic) bond motifs is 1. The first kappa shape index (κ1) is 12.4. The molecular weight excluding hydrogens is 278 g/mol. The van der Waals surface area contributed by atoms with E-state index in [9.17, 15) is 5.11 Å². The highest BCUT2D eigenvalue weighted by Crippen LogP contribution is 2.22. The van der Waals surface area contributed by atoms with Crippen molar-refractivity contribution in [2.75, 3.05) is 11.9 Å². The van der Waals surface area contributed by atoms with Gasteiger partial charge in [-0.25, -0.2) is 0 Å². The molecule has 3 heteroatoms. The van der Waals surface area contributed by atoms with Crippen molar-refractivity contribution >= 4 is 32.4 Å². The third-order valence-corrected chi connectivity index (χ3v) is 3.31. The molecule has 2 nitrogen and oxygen atoms in total. The predicted octanol–water partition coefficient (Wildman–Crippen LogP) is 3.79. The quantitative estimate of drug-likeness (QED) is 0.899. The van der Waals surface area contributed by atoms with E-state index in [1.807, 2.05) is 19.1 Å². The summed E-state index contributed by atoms with van der Waals surface area (Å²) in [5.74, 6) is 0. The maximum absolute atomic E-state index is 9.50. The molecule has 2 aromatic rings. The SMILES string of the molecule is CCC(O)CNc1ccc2cc(Br)ccc2c1. The molecule has 1 atom stereocenters. The number of halogens is 1. The summed E-state index contributed by atoms with van der Waals surface area (Å²) in [5, 5.41) is 15.1. The van der Waals surface area contributed by atoms with Crippen molar-refractivity contribution < 1.29 is 5.11 Å². The summed E-state index contributed by atoms with van der Waals surface area (Å²) >= 11 is 3.46. The van der Waals surface area contributed by atoms with Crippen LogP contribution in [0.4, 0.5) is 5.69 Å². The highest BCUT2D eigenvalue weighted by Gasteiger charge is 2.01. The van der Waals surface area contributed by atoms with Crippen LogP contribution in [-0.4, -0.2) is 17.8 Å². The largest absolute Gasteiger partial charge is 0.391 e. The second-order valence-electron chi connectivity index (χ2n) is 4.15. The van der Waals surface area contributed by atoms with Crippen LogP contribution in [0.1, 0.15) is 13.3 Å². The van der Waals surface area contributed by atoms with E-state index in [-0.39, 0.29) is 6.10 Å². The van der Waals surface area contributed by atoms with Gasteiger partial charge in [0.05, 0.1) is 6.10 Å².